The molecular formula is C13H16BrF2NO2S. The second kappa shape index (κ2) is 5.69. The molecule has 2 rings (SSSR count). The van der Waals surface area contributed by atoms with Gasteiger partial charge in [-0.3, -0.25) is 0 Å². The highest BCUT2D eigenvalue weighted by Gasteiger charge is 2.34. The molecule has 0 aromatic heterocycles. The Morgan fingerprint density at radius 1 is 1.20 bits per heavy atom. The van der Waals surface area contributed by atoms with Crippen LogP contribution < -0.4 is 4.72 Å². The number of sulfonamides is 1. The third kappa shape index (κ3) is 3.38. The molecule has 1 N–H and O–H groups in total. The van der Waals surface area contributed by atoms with E-state index in [1.807, 2.05) is 6.92 Å². The zero-order chi connectivity index (χ0) is 15.0. The summed E-state index contributed by atoms with van der Waals surface area (Å²) in [5, 5.41) is 0. The smallest absolute Gasteiger partial charge is 0.207 e. The van der Waals surface area contributed by atoms with Crippen LogP contribution in [-0.4, -0.2) is 14.0 Å². The quantitative estimate of drug-likeness (QED) is 0.884. The SMILES string of the molecule is CC1(NS(=O)(=O)c2c(F)cc(F)cc2Br)CCCCC1. The Labute approximate surface area is 125 Å². The highest BCUT2D eigenvalue weighted by molar-refractivity contribution is 9.10. The zero-order valence-electron chi connectivity index (χ0n) is 11.0. The second-order valence-corrected chi connectivity index (χ2v) is 7.90. The summed E-state index contributed by atoms with van der Waals surface area (Å²) in [6.45, 7) is 1.82. The predicted molar refractivity (Wildman–Crippen MR) is 75.9 cm³/mol. The van der Waals surface area contributed by atoms with Crippen molar-refractivity contribution in [3.05, 3.63) is 28.2 Å². The Hall–Kier alpha value is -0.530. The lowest BCUT2D eigenvalue weighted by Gasteiger charge is -2.34. The van der Waals surface area contributed by atoms with Gasteiger partial charge in [0.15, 0.2) is 0 Å². The van der Waals surface area contributed by atoms with Crippen molar-refractivity contribution in [2.45, 2.75) is 49.5 Å². The van der Waals surface area contributed by atoms with E-state index in [0.29, 0.717) is 18.9 Å². The Kier molecular flexibility index (Phi) is 4.51. The van der Waals surface area contributed by atoms with Gasteiger partial charge in [-0.2, -0.15) is 0 Å². The van der Waals surface area contributed by atoms with Crippen molar-refractivity contribution in [2.75, 3.05) is 0 Å². The summed E-state index contributed by atoms with van der Waals surface area (Å²) >= 11 is 2.92. The molecule has 7 heteroatoms. The number of rotatable bonds is 3. The van der Waals surface area contributed by atoms with Gasteiger partial charge in [-0.05, 0) is 41.8 Å². The van der Waals surface area contributed by atoms with Crippen LogP contribution in [0.5, 0.6) is 0 Å². The summed E-state index contributed by atoms with van der Waals surface area (Å²) in [5.41, 5.74) is -0.572. The summed E-state index contributed by atoms with van der Waals surface area (Å²) in [7, 11) is -4.03. The van der Waals surface area contributed by atoms with Gasteiger partial charge in [0.2, 0.25) is 10.0 Å². The largest absolute Gasteiger partial charge is 0.245 e. The maximum Gasteiger partial charge on any atom is 0.245 e. The maximum atomic E-state index is 13.8. The van der Waals surface area contributed by atoms with Crippen molar-refractivity contribution in [3.63, 3.8) is 0 Å². The molecule has 0 unspecified atom stereocenters. The van der Waals surface area contributed by atoms with E-state index in [1.165, 1.54) is 0 Å². The van der Waals surface area contributed by atoms with E-state index in [1.54, 1.807) is 0 Å². The predicted octanol–water partition coefficient (Wildman–Crippen LogP) is 3.73. The van der Waals surface area contributed by atoms with Gasteiger partial charge >= 0.3 is 0 Å². The van der Waals surface area contributed by atoms with Crippen LogP contribution in [0.1, 0.15) is 39.0 Å². The zero-order valence-corrected chi connectivity index (χ0v) is 13.5. The first-order chi connectivity index (χ1) is 9.23. The van der Waals surface area contributed by atoms with Crippen LogP contribution >= 0.6 is 15.9 Å². The molecule has 0 radical (unpaired) electrons. The lowest BCUT2D eigenvalue weighted by atomic mass is 9.84. The molecule has 1 fully saturated rings. The molecule has 1 saturated carbocycles. The Bertz CT molecular complexity index is 590. The van der Waals surface area contributed by atoms with E-state index in [2.05, 4.69) is 20.7 Å². The average molecular weight is 368 g/mol. The van der Waals surface area contributed by atoms with Crippen LogP contribution in [-0.2, 0) is 10.0 Å². The van der Waals surface area contributed by atoms with Crippen molar-refractivity contribution < 1.29 is 17.2 Å². The summed E-state index contributed by atoms with van der Waals surface area (Å²) in [6, 6.07) is 1.52. The standard InChI is InChI=1S/C13H16BrF2NO2S/c1-13(5-3-2-4-6-13)17-20(18,19)12-10(14)7-9(15)8-11(12)16/h7-8,17H,2-6H2,1H3. The Morgan fingerprint density at radius 3 is 2.35 bits per heavy atom. The van der Waals surface area contributed by atoms with E-state index in [-0.39, 0.29) is 4.47 Å². The summed E-state index contributed by atoms with van der Waals surface area (Å²) in [6.07, 6.45) is 4.38. The van der Waals surface area contributed by atoms with Crippen molar-refractivity contribution in [1.82, 2.24) is 4.72 Å². The van der Waals surface area contributed by atoms with Crippen LogP contribution in [0.3, 0.4) is 0 Å². The van der Waals surface area contributed by atoms with Gasteiger partial charge in [0, 0.05) is 16.1 Å². The van der Waals surface area contributed by atoms with Crippen LogP contribution in [0.25, 0.3) is 0 Å². The van der Waals surface area contributed by atoms with Crippen LogP contribution in [0.4, 0.5) is 8.78 Å². The topological polar surface area (TPSA) is 46.2 Å². The normalized spacial score (nSPS) is 19.0. The molecule has 3 nitrogen and oxygen atoms in total. The average Bonchev–Trinajstić information content (AvgIpc) is 2.25. The second-order valence-electron chi connectivity index (χ2n) is 5.43. The van der Waals surface area contributed by atoms with Gasteiger partial charge in [-0.15, -0.1) is 0 Å². The first-order valence-electron chi connectivity index (χ1n) is 6.42. The number of nitrogens with one attached hydrogen (secondary N) is 1. The number of hydrogen-bond acceptors (Lipinski definition) is 2. The van der Waals surface area contributed by atoms with E-state index < -0.39 is 32.1 Å². The number of hydrogen-bond donors (Lipinski definition) is 1. The number of benzene rings is 1. The van der Waals surface area contributed by atoms with E-state index in [0.717, 1.165) is 25.3 Å². The Morgan fingerprint density at radius 2 is 1.80 bits per heavy atom. The highest BCUT2D eigenvalue weighted by Crippen LogP contribution is 2.32. The minimum absolute atomic E-state index is 0.109. The molecule has 1 aromatic carbocycles. The summed E-state index contributed by atoms with van der Waals surface area (Å²) < 4.78 is 54.0. The molecule has 0 bridgehead atoms. The number of halogens is 3. The molecule has 0 aliphatic heterocycles. The third-order valence-corrected chi connectivity index (χ3v) is 6.17. The van der Waals surface area contributed by atoms with E-state index in [4.69, 9.17) is 0 Å². The van der Waals surface area contributed by atoms with Crippen LogP contribution in [0.2, 0.25) is 0 Å². The van der Waals surface area contributed by atoms with Gasteiger partial charge in [0.1, 0.15) is 16.5 Å². The van der Waals surface area contributed by atoms with Crippen molar-refractivity contribution in [3.8, 4) is 0 Å². The van der Waals surface area contributed by atoms with Gasteiger partial charge < -0.3 is 0 Å². The molecular weight excluding hydrogens is 352 g/mol. The molecule has 20 heavy (non-hydrogen) atoms. The van der Waals surface area contributed by atoms with E-state index >= 15 is 0 Å². The fraction of sp³-hybridized carbons (Fsp3) is 0.538. The molecule has 112 valence electrons. The van der Waals surface area contributed by atoms with Gasteiger partial charge in [-0.25, -0.2) is 21.9 Å². The lowest BCUT2D eigenvalue weighted by Crippen LogP contribution is -2.47. The first kappa shape index (κ1) is 15.9. The Balaban J connectivity index is 2.36. The fourth-order valence-corrected chi connectivity index (χ4v) is 5.23. The minimum atomic E-state index is -4.03. The molecule has 1 aliphatic carbocycles. The molecule has 0 atom stereocenters. The molecule has 1 aliphatic rings. The monoisotopic (exact) mass is 367 g/mol. The minimum Gasteiger partial charge on any atom is -0.207 e. The van der Waals surface area contributed by atoms with Crippen LogP contribution in [0.15, 0.2) is 21.5 Å². The summed E-state index contributed by atoms with van der Waals surface area (Å²) in [5.74, 6) is -1.92. The fourth-order valence-electron chi connectivity index (χ4n) is 2.60. The molecule has 1 aromatic rings. The van der Waals surface area contributed by atoms with Gasteiger partial charge in [0.25, 0.3) is 0 Å². The molecule has 0 saturated heterocycles. The van der Waals surface area contributed by atoms with E-state index in [9.17, 15) is 17.2 Å². The molecule has 0 spiro atoms. The van der Waals surface area contributed by atoms with Gasteiger partial charge in [-0.1, -0.05) is 19.3 Å². The van der Waals surface area contributed by atoms with Crippen molar-refractivity contribution >= 4 is 26.0 Å². The molecule has 0 heterocycles. The van der Waals surface area contributed by atoms with Crippen LogP contribution in [0, 0.1) is 11.6 Å². The summed E-state index contributed by atoms with van der Waals surface area (Å²) in [4.78, 5) is -0.536. The third-order valence-electron chi connectivity index (χ3n) is 3.57. The van der Waals surface area contributed by atoms with Gasteiger partial charge in [0.05, 0.1) is 0 Å². The lowest BCUT2D eigenvalue weighted by molar-refractivity contribution is 0.293. The molecule has 0 amide bonds. The van der Waals surface area contributed by atoms with Crippen molar-refractivity contribution in [1.29, 1.82) is 0 Å². The van der Waals surface area contributed by atoms with Crippen molar-refractivity contribution in [2.24, 2.45) is 0 Å². The maximum absolute atomic E-state index is 13.8. The highest BCUT2D eigenvalue weighted by atomic mass is 79.9. The first-order valence-corrected chi connectivity index (χ1v) is 8.70.